The molecule has 0 fully saturated rings. The summed E-state index contributed by atoms with van der Waals surface area (Å²) < 4.78 is 57.9. The maximum absolute atomic E-state index is 12.6. The van der Waals surface area contributed by atoms with E-state index in [0.29, 0.717) is 5.75 Å². The Hall–Kier alpha value is -3.71. The first kappa shape index (κ1) is 23.9. The first-order valence-electron chi connectivity index (χ1n) is 9.40. The molecule has 1 heterocycles. The van der Waals surface area contributed by atoms with Crippen LogP contribution in [-0.2, 0) is 24.8 Å². The van der Waals surface area contributed by atoms with Gasteiger partial charge in [-0.2, -0.15) is 0 Å². The van der Waals surface area contributed by atoms with Crippen molar-refractivity contribution in [1.82, 2.24) is 9.97 Å². The van der Waals surface area contributed by atoms with Crippen molar-refractivity contribution in [2.45, 2.75) is 4.90 Å². The van der Waals surface area contributed by atoms with Crippen LogP contribution in [0, 0.1) is 0 Å². The predicted molar refractivity (Wildman–Crippen MR) is 123 cm³/mol. The molecule has 0 spiro atoms. The third-order valence-electron chi connectivity index (χ3n) is 4.28. The number of ether oxygens (including phenoxy) is 1. The maximum Gasteiger partial charge on any atom is 0.264 e. The zero-order valence-electron chi connectivity index (χ0n) is 17.7. The van der Waals surface area contributed by atoms with Crippen LogP contribution in [0.5, 0.6) is 5.75 Å². The number of nitrogens with zero attached hydrogens (tertiary/aromatic N) is 3. The van der Waals surface area contributed by atoms with E-state index in [1.165, 1.54) is 49.8 Å². The van der Waals surface area contributed by atoms with Gasteiger partial charge in [0.05, 0.1) is 23.9 Å². The number of nitrogens with one attached hydrogen (secondary N) is 2. The quantitative estimate of drug-likeness (QED) is 0.459. The molecule has 0 aliphatic rings. The average molecular weight is 492 g/mol. The van der Waals surface area contributed by atoms with Gasteiger partial charge >= 0.3 is 0 Å². The van der Waals surface area contributed by atoms with Gasteiger partial charge in [0.2, 0.25) is 21.9 Å². The molecule has 2 N–H and O–H groups in total. The third kappa shape index (κ3) is 6.17. The molecule has 1 aromatic heterocycles. The highest BCUT2D eigenvalue weighted by molar-refractivity contribution is 7.92. The van der Waals surface area contributed by atoms with Gasteiger partial charge in [-0.15, -0.1) is 0 Å². The second-order valence-corrected chi connectivity index (χ2v) is 10.3. The lowest BCUT2D eigenvalue weighted by Crippen LogP contribution is -2.37. The molecule has 13 heteroatoms. The number of aromatic nitrogens is 2. The normalized spacial score (nSPS) is 11.5. The molecule has 0 atom stereocenters. The highest BCUT2D eigenvalue weighted by atomic mass is 32.2. The van der Waals surface area contributed by atoms with E-state index in [4.69, 9.17) is 4.74 Å². The van der Waals surface area contributed by atoms with E-state index < -0.39 is 32.5 Å². The monoisotopic (exact) mass is 491 g/mol. The van der Waals surface area contributed by atoms with Gasteiger partial charge in [-0.3, -0.25) is 9.10 Å². The van der Waals surface area contributed by atoms with Gasteiger partial charge in [0.1, 0.15) is 12.3 Å². The number of carbonyl (C=O) groups is 1. The van der Waals surface area contributed by atoms with E-state index in [9.17, 15) is 21.6 Å². The fraction of sp³-hybridized carbons (Fsp3) is 0.150. The Morgan fingerprint density at radius 3 is 2.21 bits per heavy atom. The summed E-state index contributed by atoms with van der Waals surface area (Å²) >= 11 is 0. The van der Waals surface area contributed by atoms with E-state index in [1.54, 1.807) is 24.3 Å². The van der Waals surface area contributed by atoms with Crippen molar-refractivity contribution in [3.63, 3.8) is 0 Å². The van der Waals surface area contributed by atoms with Crippen LogP contribution < -0.4 is 19.1 Å². The predicted octanol–water partition coefficient (Wildman–Crippen LogP) is 1.69. The van der Waals surface area contributed by atoms with Crippen LogP contribution in [0.2, 0.25) is 0 Å². The lowest BCUT2D eigenvalue weighted by atomic mass is 10.3. The highest BCUT2D eigenvalue weighted by Crippen LogP contribution is 2.29. The number of benzene rings is 2. The van der Waals surface area contributed by atoms with Crippen molar-refractivity contribution in [3.05, 3.63) is 67.0 Å². The van der Waals surface area contributed by atoms with Gasteiger partial charge in [0, 0.05) is 18.1 Å². The van der Waals surface area contributed by atoms with Gasteiger partial charge < -0.3 is 10.1 Å². The molecule has 0 saturated heterocycles. The van der Waals surface area contributed by atoms with Gasteiger partial charge in [-0.05, 0) is 42.5 Å². The molecule has 1 amide bonds. The van der Waals surface area contributed by atoms with Gasteiger partial charge in [-0.1, -0.05) is 12.1 Å². The molecular formula is C20H21N5O6S2. The molecule has 0 bridgehead atoms. The Kier molecular flexibility index (Phi) is 7.13. The molecule has 174 valence electrons. The Morgan fingerprint density at radius 1 is 0.970 bits per heavy atom. The summed E-state index contributed by atoms with van der Waals surface area (Å²) in [6.07, 6.45) is 3.78. The van der Waals surface area contributed by atoms with Gasteiger partial charge in [-0.25, -0.2) is 31.5 Å². The Bertz CT molecular complexity index is 1330. The number of carbonyl (C=O) groups excluding carboxylic acids is 1. The number of hydrogen-bond donors (Lipinski definition) is 2. The Morgan fingerprint density at radius 2 is 1.61 bits per heavy atom. The van der Waals surface area contributed by atoms with E-state index in [0.717, 1.165) is 10.6 Å². The largest absolute Gasteiger partial charge is 0.495 e. The van der Waals surface area contributed by atoms with Crippen LogP contribution in [0.15, 0.2) is 71.9 Å². The summed E-state index contributed by atoms with van der Waals surface area (Å²) in [6.45, 7) is -0.508. The lowest BCUT2D eigenvalue weighted by Gasteiger charge is -2.23. The highest BCUT2D eigenvalue weighted by Gasteiger charge is 2.24. The number of hydrogen-bond acceptors (Lipinski definition) is 8. The maximum atomic E-state index is 12.6. The molecule has 33 heavy (non-hydrogen) atoms. The van der Waals surface area contributed by atoms with Crippen LogP contribution in [0.25, 0.3) is 0 Å². The minimum Gasteiger partial charge on any atom is -0.495 e. The zero-order valence-corrected chi connectivity index (χ0v) is 19.3. The Balaban J connectivity index is 1.73. The topological polar surface area (TPSA) is 148 Å². The number of anilines is 3. The molecule has 0 saturated carbocycles. The van der Waals surface area contributed by atoms with Crippen LogP contribution in [0.4, 0.5) is 17.3 Å². The minimum atomic E-state index is -3.93. The van der Waals surface area contributed by atoms with Crippen molar-refractivity contribution >= 4 is 43.3 Å². The first-order valence-corrected chi connectivity index (χ1v) is 12.7. The van der Waals surface area contributed by atoms with Gasteiger partial charge in [0.15, 0.2) is 0 Å². The van der Waals surface area contributed by atoms with E-state index >= 15 is 0 Å². The first-order chi connectivity index (χ1) is 15.6. The minimum absolute atomic E-state index is 0.0697. The molecule has 0 radical (unpaired) electrons. The standard InChI is InChI=1S/C20H21N5O6S2/c1-31-18-7-4-3-6-17(18)25(32(2,27)28)14-19(26)23-15-8-10-16(11-9-15)33(29,30)24-20-21-12-5-13-22-20/h3-13H,14H2,1-2H3,(H,23,26)(H,21,22,24). The van der Waals surface area contributed by atoms with Crippen LogP contribution >= 0.6 is 0 Å². The summed E-state index contributed by atoms with van der Waals surface area (Å²) in [5.41, 5.74) is 0.497. The Labute approximate surface area is 191 Å². The number of methoxy groups -OCH3 is 1. The zero-order chi connectivity index (χ0) is 24.1. The second-order valence-electron chi connectivity index (χ2n) is 6.69. The average Bonchev–Trinajstić information content (AvgIpc) is 2.77. The summed E-state index contributed by atoms with van der Waals surface area (Å²) in [6, 6.07) is 13.3. The van der Waals surface area contributed by atoms with Crippen LogP contribution in [0.3, 0.4) is 0 Å². The number of para-hydroxylation sites is 2. The molecule has 0 unspecified atom stereocenters. The van der Waals surface area contributed by atoms with Crippen molar-refractivity contribution in [2.75, 3.05) is 34.3 Å². The third-order valence-corrected chi connectivity index (χ3v) is 6.75. The summed E-state index contributed by atoms with van der Waals surface area (Å²) in [5, 5.41) is 2.55. The molecule has 11 nitrogen and oxygen atoms in total. The number of amides is 1. The van der Waals surface area contributed by atoms with E-state index in [-0.39, 0.29) is 22.2 Å². The fourth-order valence-electron chi connectivity index (χ4n) is 2.80. The molecule has 0 aliphatic heterocycles. The number of rotatable bonds is 9. The molecule has 3 aromatic rings. The van der Waals surface area contributed by atoms with Crippen LogP contribution in [-0.4, -0.2) is 52.6 Å². The molecule has 3 rings (SSSR count). The molecular weight excluding hydrogens is 470 g/mol. The summed E-state index contributed by atoms with van der Waals surface area (Å²) in [5.74, 6) is -0.412. The van der Waals surface area contributed by atoms with E-state index in [2.05, 4.69) is 20.0 Å². The van der Waals surface area contributed by atoms with Gasteiger partial charge in [0.25, 0.3) is 10.0 Å². The molecule has 2 aromatic carbocycles. The SMILES string of the molecule is COc1ccccc1N(CC(=O)Nc1ccc(S(=O)(=O)Nc2ncccn2)cc1)S(C)(=O)=O. The fourth-order valence-corrected chi connectivity index (χ4v) is 4.61. The van der Waals surface area contributed by atoms with Crippen molar-refractivity contribution in [2.24, 2.45) is 0 Å². The summed E-state index contributed by atoms with van der Waals surface area (Å²) in [4.78, 5) is 20.1. The number of sulfonamides is 2. The van der Waals surface area contributed by atoms with Crippen molar-refractivity contribution in [3.8, 4) is 5.75 Å². The van der Waals surface area contributed by atoms with E-state index in [1.807, 2.05) is 0 Å². The second kappa shape index (κ2) is 9.83. The molecule has 0 aliphatic carbocycles. The smallest absolute Gasteiger partial charge is 0.264 e. The lowest BCUT2D eigenvalue weighted by molar-refractivity contribution is -0.114. The van der Waals surface area contributed by atoms with Crippen molar-refractivity contribution in [1.29, 1.82) is 0 Å². The van der Waals surface area contributed by atoms with Crippen molar-refractivity contribution < 1.29 is 26.4 Å². The van der Waals surface area contributed by atoms with Crippen LogP contribution in [0.1, 0.15) is 0 Å². The summed E-state index contributed by atoms with van der Waals surface area (Å²) in [7, 11) is -6.33.